The third-order valence-corrected chi connectivity index (χ3v) is 7.64. The molecule has 2 atom stereocenters. The van der Waals surface area contributed by atoms with Crippen molar-refractivity contribution in [3.05, 3.63) is 35.5 Å². The number of nitrogens with one attached hydrogen (secondary N) is 1. The monoisotopic (exact) mass is 359 g/mol. The van der Waals surface area contributed by atoms with Crippen LogP contribution < -0.4 is 5.43 Å². The number of hydrogen-bond acceptors (Lipinski definition) is 4. The molecule has 3 nitrogen and oxygen atoms in total. The number of fused-ring (bicyclic) bond motifs is 2. The van der Waals surface area contributed by atoms with Gasteiger partial charge < -0.3 is 0 Å². The summed E-state index contributed by atoms with van der Waals surface area (Å²) in [7, 11) is 0. The van der Waals surface area contributed by atoms with E-state index >= 15 is 0 Å². The van der Waals surface area contributed by atoms with E-state index in [1.54, 1.807) is 11.3 Å². The van der Waals surface area contributed by atoms with E-state index in [1.165, 1.54) is 18.6 Å². The molecule has 0 amide bonds. The standard InChI is InChI=1S/C19H22ClN3S/c1-18(2)13-8-9-19(18,3)16(10-13)22-23-17-21-11-15(24-17)12-4-6-14(20)7-5-12/h4-7,11,13H,8-10H2,1-3H3,(H,21,23)/b22-16+/t13-,19+/m0/s1. The van der Waals surface area contributed by atoms with Crippen LogP contribution in [0.25, 0.3) is 10.4 Å². The molecule has 1 N–H and O–H groups in total. The van der Waals surface area contributed by atoms with Gasteiger partial charge in [-0.3, -0.25) is 5.43 Å². The maximum absolute atomic E-state index is 5.95. The second-order valence-electron chi connectivity index (χ2n) is 7.70. The molecule has 2 bridgehead atoms. The lowest BCUT2D eigenvalue weighted by Gasteiger charge is -2.34. The first-order valence-electron chi connectivity index (χ1n) is 8.45. The molecule has 2 aromatic rings. The molecule has 2 aliphatic carbocycles. The van der Waals surface area contributed by atoms with Gasteiger partial charge in [-0.15, -0.1) is 0 Å². The zero-order chi connectivity index (χ0) is 16.9. The summed E-state index contributed by atoms with van der Waals surface area (Å²) in [5.41, 5.74) is 6.22. The van der Waals surface area contributed by atoms with Crippen molar-refractivity contribution < 1.29 is 0 Å². The third-order valence-electron chi connectivity index (χ3n) is 6.43. The molecule has 5 heteroatoms. The average molecular weight is 360 g/mol. The highest BCUT2D eigenvalue weighted by Crippen LogP contribution is 2.63. The van der Waals surface area contributed by atoms with Crippen molar-refractivity contribution in [2.24, 2.45) is 21.8 Å². The Labute approximate surface area is 152 Å². The van der Waals surface area contributed by atoms with Crippen LogP contribution in [-0.2, 0) is 0 Å². The first kappa shape index (κ1) is 16.1. The van der Waals surface area contributed by atoms with Gasteiger partial charge in [-0.2, -0.15) is 5.10 Å². The molecule has 0 saturated heterocycles. The Bertz CT molecular complexity index is 793. The molecule has 0 unspecified atom stereocenters. The lowest BCUT2D eigenvalue weighted by molar-refractivity contribution is 0.194. The fourth-order valence-corrected chi connectivity index (χ4v) is 5.18. The van der Waals surface area contributed by atoms with Crippen molar-refractivity contribution in [3.8, 4) is 10.4 Å². The van der Waals surface area contributed by atoms with E-state index < -0.39 is 0 Å². The van der Waals surface area contributed by atoms with Crippen LogP contribution in [0.4, 0.5) is 5.13 Å². The average Bonchev–Trinajstić information content (AvgIpc) is 3.16. The highest BCUT2D eigenvalue weighted by Gasteiger charge is 2.59. The second kappa shape index (κ2) is 5.57. The highest BCUT2D eigenvalue weighted by atomic mass is 35.5. The van der Waals surface area contributed by atoms with E-state index in [4.69, 9.17) is 16.7 Å². The summed E-state index contributed by atoms with van der Waals surface area (Å²) in [5.74, 6) is 0.768. The Kier molecular flexibility index (Phi) is 3.73. The highest BCUT2D eigenvalue weighted by molar-refractivity contribution is 7.18. The predicted octanol–water partition coefficient (Wildman–Crippen LogP) is 6.08. The van der Waals surface area contributed by atoms with Crippen LogP contribution in [0.15, 0.2) is 35.6 Å². The first-order chi connectivity index (χ1) is 11.4. The Morgan fingerprint density at radius 2 is 2.00 bits per heavy atom. The minimum Gasteiger partial charge on any atom is -0.253 e. The van der Waals surface area contributed by atoms with Gasteiger partial charge in [-0.25, -0.2) is 4.98 Å². The van der Waals surface area contributed by atoms with Crippen molar-refractivity contribution >= 4 is 33.8 Å². The molecular formula is C19H22ClN3S. The number of hydrazone groups is 1. The molecule has 126 valence electrons. The van der Waals surface area contributed by atoms with E-state index in [1.807, 2.05) is 30.5 Å². The Balaban J connectivity index is 1.52. The molecule has 1 aromatic carbocycles. The predicted molar refractivity (Wildman–Crippen MR) is 103 cm³/mol. The van der Waals surface area contributed by atoms with Crippen molar-refractivity contribution in [1.82, 2.24) is 4.98 Å². The quantitative estimate of drug-likeness (QED) is 0.674. The summed E-state index contributed by atoms with van der Waals surface area (Å²) in [6.07, 6.45) is 5.59. The van der Waals surface area contributed by atoms with Crippen LogP contribution in [0.1, 0.15) is 40.0 Å². The molecule has 1 aromatic heterocycles. The second-order valence-corrected chi connectivity index (χ2v) is 9.17. The van der Waals surface area contributed by atoms with E-state index in [2.05, 4.69) is 31.2 Å². The number of halogens is 1. The minimum atomic E-state index is 0.223. The van der Waals surface area contributed by atoms with E-state index in [9.17, 15) is 0 Å². The number of aromatic nitrogens is 1. The van der Waals surface area contributed by atoms with Gasteiger partial charge in [-0.05, 0) is 48.3 Å². The molecule has 2 fully saturated rings. The molecular weight excluding hydrogens is 338 g/mol. The number of rotatable bonds is 3. The maximum Gasteiger partial charge on any atom is 0.203 e. The van der Waals surface area contributed by atoms with Crippen LogP contribution in [0.2, 0.25) is 5.02 Å². The number of nitrogens with zero attached hydrogens (tertiary/aromatic N) is 2. The van der Waals surface area contributed by atoms with Gasteiger partial charge in [0.15, 0.2) is 0 Å². The van der Waals surface area contributed by atoms with Crippen molar-refractivity contribution in [2.45, 2.75) is 40.0 Å². The van der Waals surface area contributed by atoms with Gasteiger partial charge in [0.05, 0.1) is 4.88 Å². The first-order valence-corrected chi connectivity index (χ1v) is 9.64. The molecule has 24 heavy (non-hydrogen) atoms. The van der Waals surface area contributed by atoms with Gasteiger partial charge in [0.2, 0.25) is 5.13 Å². The smallest absolute Gasteiger partial charge is 0.203 e. The SMILES string of the molecule is CC1(C)[C@H]2CC[C@]1(C)/C(=N/Nc1ncc(-c3ccc(Cl)cc3)s1)C2. The molecule has 1 heterocycles. The largest absolute Gasteiger partial charge is 0.253 e. The number of anilines is 1. The van der Waals surface area contributed by atoms with Crippen molar-refractivity contribution in [1.29, 1.82) is 0 Å². The van der Waals surface area contributed by atoms with Crippen LogP contribution >= 0.6 is 22.9 Å². The number of benzene rings is 1. The normalized spacial score (nSPS) is 29.3. The van der Waals surface area contributed by atoms with Gasteiger partial charge in [0.25, 0.3) is 0 Å². The summed E-state index contributed by atoms with van der Waals surface area (Å²) < 4.78 is 0. The Morgan fingerprint density at radius 1 is 1.25 bits per heavy atom. The maximum atomic E-state index is 5.95. The fraction of sp³-hybridized carbons (Fsp3) is 0.474. The third kappa shape index (κ3) is 2.39. The summed E-state index contributed by atoms with van der Waals surface area (Å²) >= 11 is 7.57. The van der Waals surface area contributed by atoms with Gasteiger partial charge in [0, 0.05) is 22.3 Å². The fourth-order valence-electron chi connectivity index (χ4n) is 4.29. The molecule has 0 radical (unpaired) electrons. The molecule has 4 rings (SSSR count). The molecule has 0 aliphatic heterocycles. The summed E-state index contributed by atoms with van der Waals surface area (Å²) in [6, 6.07) is 7.85. The zero-order valence-electron chi connectivity index (χ0n) is 14.3. The van der Waals surface area contributed by atoms with E-state index in [0.29, 0.717) is 5.41 Å². The van der Waals surface area contributed by atoms with Gasteiger partial charge in [0.1, 0.15) is 0 Å². The summed E-state index contributed by atoms with van der Waals surface area (Å²) in [4.78, 5) is 5.58. The number of thiazole rings is 1. The number of hydrogen-bond donors (Lipinski definition) is 1. The van der Waals surface area contributed by atoms with Crippen LogP contribution in [0, 0.1) is 16.7 Å². The molecule has 2 saturated carbocycles. The lowest BCUT2D eigenvalue weighted by atomic mass is 9.70. The van der Waals surface area contributed by atoms with Crippen LogP contribution in [0.3, 0.4) is 0 Å². The van der Waals surface area contributed by atoms with Crippen LogP contribution in [-0.4, -0.2) is 10.7 Å². The van der Waals surface area contributed by atoms with E-state index in [0.717, 1.165) is 32.9 Å². The zero-order valence-corrected chi connectivity index (χ0v) is 15.8. The Morgan fingerprint density at radius 3 is 2.62 bits per heavy atom. The van der Waals surface area contributed by atoms with Crippen molar-refractivity contribution in [2.75, 3.05) is 5.43 Å². The lowest BCUT2D eigenvalue weighted by Crippen LogP contribution is -2.32. The van der Waals surface area contributed by atoms with Crippen LogP contribution in [0.5, 0.6) is 0 Å². The summed E-state index contributed by atoms with van der Waals surface area (Å²) in [5, 5.41) is 6.35. The Hall–Kier alpha value is -1.39. The molecule has 2 aliphatic rings. The van der Waals surface area contributed by atoms with Crippen molar-refractivity contribution in [3.63, 3.8) is 0 Å². The topological polar surface area (TPSA) is 37.3 Å². The summed E-state index contributed by atoms with van der Waals surface area (Å²) in [6.45, 7) is 7.17. The van der Waals surface area contributed by atoms with Gasteiger partial charge >= 0.3 is 0 Å². The van der Waals surface area contributed by atoms with Gasteiger partial charge in [-0.1, -0.05) is 55.8 Å². The minimum absolute atomic E-state index is 0.223. The molecule has 0 spiro atoms. The van der Waals surface area contributed by atoms with E-state index in [-0.39, 0.29) is 5.41 Å².